The predicted octanol–water partition coefficient (Wildman–Crippen LogP) is 4.77. The first-order valence-electron chi connectivity index (χ1n) is 12.8. The maximum absolute atomic E-state index is 13.1. The average Bonchev–Trinajstić information content (AvgIpc) is 3.38. The Kier molecular flexibility index (Phi) is 9.62. The first-order valence-corrected chi connectivity index (χ1v) is 15.1. The molecular formula is C28H31ClFN5O3S2. The number of nitrogens with one attached hydrogen (secondary N) is 2. The Hall–Kier alpha value is -3.25. The summed E-state index contributed by atoms with van der Waals surface area (Å²) < 4.78 is 42.0. The van der Waals surface area contributed by atoms with E-state index in [1.807, 2.05) is 0 Å². The number of rotatable bonds is 9. The number of benzene rings is 3. The molecule has 3 aromatic carbocycles. The van der Waals surface area contributed by atoms with Gasteiger partial charge in [-0.2, -0.15) is 0 Å². The number of fused-ring (bicyclic) bond motifs is 1. The van der Waals surface area contributed by atoms with Crippen LogP contribution in [0.15, 0.2) is 71.6 Å². The molecule has 40 heavy (non-hydrogen) atoms. The van der Waals surface area contributed by atoms with E-state index in [0.717, 1.165) is 61.9 Å². The zero-order chi connectivity index (χ0) is 27.4. The Morgan fingerprint density at radius 1 is 1.02 bits per heavy atom. The van der Waals surface area contributed by atoms with Gasteiger partial charge in [0.15, 0.2) is 5.13 Å². The van der Waals surface area contributed by atoms with Gasteiger partial charge in [0.2, 0.25) is 0 Å². The average molecular weight is 604 g/mol. The van der Waals surface area contributed by atoms with Crippen LogP contribution in [0.2, 0.25) is 0 Å². The monoisotopic (exact) mass is 603 g/mol. The second-order valence-electron chi connectivity index (χ2n) is 9.34. The Bertz CT molecular complexity index is 1570. The molecule has 2 heterocycles. The van der Waals surface area contributed by atoms with Crippen molar-refractivity contribution in [2.24, 2.45) is 0 Å². The Balaban J connectivity index is 0.00000370. The Labute approximate surface area is 243 Å². The predicted molar refractivity (Wildman–Crippen MR) is 161 cm³/mol. The highest BCUT2D eigenvalue weighted by Crippen LogP contribution is 2.31. The summed E-state index contributed by atoms with van der Waals surface area (Å²) in [5.74, 6) is -0.800. The van der Waals surface area contributed by atoms with Crippen LogP contribution in [0.5, 0.6) is 0 Å². The fourth-order valence-electron chi connectivity index (χ4n) is 4.56. The highest BCUT2D eigenvalue weighted by atomic mass is 35.5. The van der Waals surface area contributed by atoms with Crippen molar-refractivity contribution in [1.82, 2.24) is 15.2 Å². The molecule has 212 valence electrons. The summed E-state index contributed by atoms with van der Waals surface area (Å²) in [6, 6.07) is 17.2. The maximum Gasteiger partial charge on any atom is 0.261 e. The zero-order valence-corrected chi connectivity index (χ0v) is 24.4. The smallest absolute Gasteiger partial charge is 0.261 e. The number of hydrogen-bond donors (Lipinski definition) is 2. The van der Waals surface area contributed by atoms with Crippen LogP contribution < -0.4 is 14.9 Å². The summed E-state index contributed by atoms with van der Waals surface area (Å²) in [4.78, 5) is 22.2. The van der Waals surface area contributed by atoms with Crippen LogP contribution in [0.3, 0.4) is 0 Å². The molecule has 8 nitrogen and oxygen atoms in total. The van der Waals surface area contributed by atoms with Gasteiger partial charge in [0.05, 0.1) is 15.1 Å². The minimum atomic E-state index is -3.90. The minimum absolute atomic E-state index is 0. The molecule has 12 heteroatoms. The number of thiazole rings is 1. The number of sulfonamides is 1. The summed E-state index contributed by atoms with van der Waals surface area (Å²) in [5.41, 5.74) is 2.99. The number of aromatic nitrogens is 1. The van der Waals surface area contributed by atoms with Crippen LogP contribution in [0.4, 0.5) is 15.2 Å². The number of carbonyl (C=O) groups excluding carboxylic acids is 1. The summed E-state index contributed by atoms with van der Waals surface area (Å²) >= 11 is 1.74. The van der Waals surface area contributed by atoms with Crippen molar-refractivity contribution in [1.29, 1.82) is 0 Å². The van der Waals surface area contributed by atoms with Crippen LogP contribution >= 0.6 is 23.7 Å². The molecule has 1 fully saturated rings. The molecule has 1 aromatic heterocycles. The number of amides is 1. The third-order valence-corrected chi connectivity index (χ3v) is 9.21. The quantitative estimate of drug-likeness (QED) is 0.286. The van der Waals surface area contributed by atoms with E-state index in [1.165, 1.54) is 28.5 Å². The molecule has 0 spiro atoms. The van der Waals surface area contributed by atoms with Crippen LogP contribution in [-0.2, 0) is 16.4 Å². The van der Waals surface area contributed by atoms with E-state index < -0.39 is 15.8 Å². The first kappa shape index (κ1) is 29.7. The zero-order valence-electron chi connectivity index (χ0n) is 22.0. The van der Waals surface area contributed by atoms with Crippen molar-refractivity contribution in [3.8, 4) is 0 Å². The number of piperazine rings is 1. The molecule has 0 unspecified atom stereocenters. The molecular weight excluding hydrogens is 573 g/mol. The van der Waals surface area contributed by atoms with E-state index in [9.17, 15) is 17.6 Å². The van der Waals surface area contributed by atoms with E-state index in [-0.39, 0.29) is 28.9 Å². The second-order valence-corrected chi connectivity index (χ2v) is 12.0. The molecule has 0 radical (unpaired) electrons. The molecule has 0 saturated carbocycles. The standard InChI is InChI=1S/C28H30FN5O3S2.ClH/c1-2-20-5-4-8-25-26(20)31-28(38-25)34-17-15-33(16-18-34)14-13-30-27(35)21-6-3-7-23(19-21)32-39(36,37)24-11-9-22(29)10-12-24;/h3-12,19,32H,2,13-18H2,1H3,(H,30,35);1H. The van der Waals surface area contributed by atoms with E-state index in [0.29, 0.717) is 12.1 Å². The van der Waals surface area contributed by atoms with Crippen molar-refractivity contribution in [3.05, 3.63) is 83.7 Å². The summed E-state index contributed by atoms with van der Waals surface area (Å²) in [6.07, 6.45) is 0.968. The third-order valence-electron chi connectivity index (χ3n) is 6.73. The molecule has 0 bridgehead atoms. The van der Waals surface area contributed by atoms with Crippen LogP contribution in [-0.4, -0.2) is 63.5 Å². The van der Waals surface area contributed by atoms with Gasteiger partial charge < -0.3 is 10.2 Å². The largest absolute Gasteiger partial charge is 0.351 e. The maximum atomic E-state index is 13.1. The highest BCUT2D eigenvalue weighted by molar-refractivity contribution is 7.92. The molecule has 4 aromatic rings. The highest BCUT2D eigenvalue weighted by Gasteiger charge is 2.21. The van der Waals surface area contributed by atoms with Crippen LogP contribution in [0, 0.1) is 5.82 Å². The van der Waals surface area contributed by atoms with Gasteiger partial charge in [-0.1, -0.05) is 36.5 Å². The van der Waals surface area contributed by atoms with E-state index >= 15 is 0 Å². The van der Waals surface area contributed by atoms with Crippen molar-refractivity contribution in [3.63, 3.8) is 0 Å². The molecule has 1 amide bonds. The van der Waals surface area contributed by atoms with Crippen LogP contribution in [0.25, 0.3) is 10.2 Å². The molecule has 5 rings (SSSR count). The molecule has 1 saturated heterocycles. The molecule has 1 aliphatic heterocycles. The van der Waals surface area contributed by atoms with Gasteiger partial charge in [-0.05, 0) is 60.5 Å². The Morgan fingerprint density at radius 3 is 2.48 bits per heavy atom. The van der Waals surface area contributed by atoms with E-state index in [2.05, 4.69) is 45.0 Å². The normalized spacial score (nSPS) is 14.1. The summed E-state index contributed by atoms with van der Waals surface area (Å²) in [6.45, 7) is 6.87. The van der Waals surface area contributed by atoms with Crippen molar-refractivity contribution in [2.75, 3.05) is 48.9 Å². The van der Waals surface area contributed by atoms with Gasteiger partial charge in [0.25, 0.3) is 15.9 Å². The number of aryl methyl sites for hydroxylation is 1. The fraction of sp³-hybridized carbons (Fsp3) is 0.286. The topological polar surface area (TPSA) is 94.6 Å². The minimum Gasteiger partial charge on any atom is -0.351 e. The van der Waals surface area contributed by atoms with Crippen molar-refractivity contribution < 1.29 is 17.6 Å². The lowest BCUT2D eigenvalue weighted by molar-refractivity contribution is 0.0948. The van der Waals surface area contributed by atoms with Crippen LogP contribution in [0.1, 0.15) is 22.8 Å². The number of hydrogen-bond acceptors (Lipinski definition) is 7. The molecule has 0 atom stereocenters. The number of halogens is 2. The summed E-state index contributed by atoms with van der Waals surface area (Å²) in [5, 5.41) is 3.99. The van der Waals surface area contributed by atoms with Gasteiger partial charge in [-0.3, -0.25) is 14.4 Å². The second kappa shape index (κ2) is 12.9. The van der Waals surface area contributed by atoms with E-state index in [4.69, 9.17) is 4.98 Å². The fourth-order valence-corrected chi connectivity index (χ4v) is 6.67. The molecule has 2 N–H and O–H groups in total. The Morgan fingerprint density at radius 2 is 1.75 bits per heavy atom. The van der Waals surface area contributed by atoms with E-state index in [1.54, 1.807) is 29.5 Å². The number of anilines is 2. The van der Waals surface area contributed by atoms with Gasteiger partial charge >= 0.3 is 0 Å². The van der Waals surface area contributed by atoms with Gasteiger partial charge in [0.1, 0.15) is 5.82 Å². The van der Waals surface area contributed by atoms with Crippen molar-refractivity contribution in [2.45, 2.75) is 18.2 Å². The molecule has 1 aliphatic rings. The lowest BCUT2D eigenvalue weighted by atomic mass is 10.1. The number of nitrogens with zero attached hydrogens (tertiary/aromatic N) is 3. The van der Waals surface area contributed by atoms with Gasteiger partial charge in [-0.15, -0.1) is 12.4 Å². The lowest BCUT2D eigenvalue weighted by Gasteiger charge is -2.34. The first-order chi connectivity index (χ1) is 18.8. The van der Waals surface area contributed by atoms with Gasteiger partial charge in [-0.25, -0.2) is 17.8 Å². The van der Waals surface area contributed by atoms with Crippen molar-refractivity contribution >= 4 is 60.7 Å². The number of carbonyl (C=O) groups is 1. The molecule has 0 aliphatic carbocycles. The summed E-state index contributed by atoms with van der Waals surface area (Å²) in [7, 11) is -3.90. The third kappa shape index (κ3) is 6.90. The van der Waals surface area contributed by atoms with Gasteiger partial charge in [0, 0.05) is 50.5 Å². The number of para-hydroxylation sites is 1. The lowest BCUT2D eigenvalue weighted by Crippen LogP contribution is -2.48. The SMILES string of the molecule is CCc1cccc2sc(N3CCN(CCNC(=O)c4cccc(NS(=O)(=O)c5ccc(F)cc5)c4)CC3)nc12.Cl.